The number of hydrogen-bond acceptors (Lipinski definition) is 2. The number of nitrogens with zero attached hydrogens (tertiary/aromatic N) is 1. The summed E-state index contributed by atoms with van der Waals surface area (Å²) >= 11 is 0. The van der Waals surface area contributed by atoms with Gasteiger partial charge in [0.2, 0.25) is 11.8 Å². The second-order valence-electron chi connectivity index (χ2n) is 6.56. The molecule has 2 aromatic rings. The van der Waals surface area contributed by atoms with Crippen LogP contribution in [0.15, 0.2) is 42.5 Å². The monoisotopic (exact) mass is 356 g/mol. The number of carbonyl (C=O) groups excluding carboxylic acids is 2. The van der Waals surface area contributed by atoms with Crippen molar-refractivity contribution in [3.63, 3.8) is 0 Å². The molecule has 0 saturated heterocycles. The molecule has 0 saturated carbocycles. The normalized spacial score (nSPS) is 10.5. The Labute approximate surface area is 154 Å². The van der Waals surface area contributed by atoms with Crippen LogP contribution in [-0.2, 0) is 16.0 Å². The van der Waals surface area contributed by atoms with Crippen LogP contribution in [0, 0.1) is 19.7 Å². The van der Waals surface area contributed by atoms with E-state index in [1.807, 2.05) is 32.0 Å². The summed E-state index contributed by atoms with van der Waals surface area (Å²) in [5.74, 6) is -0.477. The highest BCUT2D eigenvalue weighted by Gasteiger charge is 2.12. The van der Waals surface area contributed by atoms with Gasteiger partial charge in [0, 0.05) is 32.1 Å². The lowest BCUT2D eigenvalue weighted by molar-refractivity contribution is -0.129. The van der Waals surface area contributed by atoms with E-state index in [2.05, 4.69) is 5.32 Å². The van der Waals surface area contributed by atoms with Crippen LogP contribution in [0.4, 0.5) is 10.1 Å². The second kappa shape index (κ2) is 9.13. The molecule has 0 aliphatic rings. The van der Waals surface area contributed by atoms with E-state index >= 15 is 0 Å². The summed E-state index contributed by atoms with van der Waals surface area (Å²) in [4.78, 5) is 25.6. The zero-order chi connectivity index (χ0) is 19.1. The van der Waals surface area contributed by atoms with Gasteiger partial charge in [-0.15, -0.1) is 0 Å². The average molecular weight is 356 g/mol. The van der Waals surface area contributed by atoms with Crippen LogP contribution in [0.25, 0.3) is 0 Å². The van der Waals surface area contributed by atoms with E-state index in [-0.39, 0.29) is 24.1 Å². The summed E-state index contributed by atoms with van der Waals surface area (Å²) in [6, 6.07) is 12.1. The van der Waals surface area contributed by atoms with Crippen molar-refractivity contribution in [1.29, 1.82) is 0 Å². The zero-order valence-electron chi connectivity index (χ0n) is 15.5. The van der Waals surface area contributed by atoms with Crippen molar-refractivity contribution in [2.45, 2.75) is 33.6 Å². The van der Waals surface area contributed by atoms with E-state index in [1.54, 1.807) is 17.0 Å². The predicted molar refractivity (Wildman–Crippen MR) is 102 cm³/mol. The average Bonchev–Trinajstić information content (AvgIpc) is 2.55. The van der Waals surface area contributed by atoms with Gasteiger partial charge in [-0.2, -0.15) is 0 Å². The van der Waals surface area contributed by atoms with E-state index in [4.69, 9.17) is 0 Å². The first-order valence-corrected chi connectivity index (χ1v) is 8.71. The third-order valence-corrected chi connectivity index (χ3v) is 4.14. The Morgan fingerprint density at radius 1 is 1.00 bits per heavy atom. The summed E-state index contributed by atoms with van der Waals surface area (Å²) in [6.45, 7) is 6.31. The van der Waals surface area contributed by atoms with Gasteiger partial charge in [0.25, 0.3) is 0 Å². The van der Waals surface area contributed by atoms with Crippen LogP contribution in [0.5, 0.6) is 0 Å². The number of aryl methyl sites for hydroxylation is 2. The highest BCUT2D eigenvalue weighted by molar-refractivity contribution is 5.91. The SMILES string of the molecule is CC(=O)N(CCC(=O)Nc1cc(C)cc(C)c1)CCc1ccc(F)cc1. The van der Waals surface area contributed by atoms with Gasteiger partial charge >= 0.3 is 0 Å². The van der Waals surface area contributed by atoms with Gasteiger partial charge in [0.15, 0.2) is 0 Å². The highest BCUT2D eigenvalue weighted by Crippen LogP contribution is 2.14. The Morgan fingerprint density at radius 2 is 1.62 bits per heavy atom. The molecule has 0 heterocycles. The van der Waals surface area contributed by atoms with E-state index in [9.17, 15) is 14.0 Å². The molecule has 138 valence electrons. The minimum Gasteiger partial charge on any atom is -0.342 e. The topological polar surface area (TPSA) is 49.4 Å². The minimum atomic E-state index is -0.278. The lowest BCUT2D eigenvalue weighted by atomic mass is 10.1. The highest BCUT2D eigenvalue weighted by atomic mass is 19.1. The van der Waals surface area contributed by atoms with Gasteiger partial charge < -0.3 is 10.2 Å². The molecule has 2 aromatic carbocycles. The molecular formula is C21H25FN2O2. The van der Waals surface area contributed by atoms with Crippen LogP contribution in [0.3, 0.4) is 0 Å². The molecule has 0 spiro atoms. The van der Waals surface area contributed by atoms with Crippen molar-refractivity contribution in [3.8, 4) is 0 Å². The van der Waals surface area contributed by atoms with Crippen molar-refractivity contribution in [2.75, 3.05) is 18.4 Å². The Morgan fingerprint density at radius 3 is 2.19 bits per heavy atom. The van der Waals surface area contributed by atoms with E-state index in [0.29, 0.717) is 19.5 Å². The van der Waals surface area contributed by atoms with Crippen molar-refractivity contribution >= 4 is 17.5 Å². The molecule has 2 amide bonds. The van der Waals surface area contributed by atoms with Crippen molar-refractivity contribution < 1.29 is 14.0 Å². The van der Waals surface area contributed by atoms with Crippen LogP contribution in [-0.4, -0.2) is 29.8 Å². The lowest BCUT2D eigenvalue weighted by Gasteiger charge is -2.21. The van der Waals surface area contributed by atoms with Crippen molar-refractivity contribution in [3.05, 3.63) is 65.0 Å². The zero-order valence-corrected chi connectivity index (χ0v) is 15.5. The Kier molecular flexibility index (Phi) is 6.89. The molecule has 2 rings (SSSR count). The van der Waals surface area contributed by atoms with Gasteiger partial charge in [0.1, 0.15) is 5.82 Å². The number of hydrogen-bond donors (Lipinski definition) is 1. The fraction of sp³-hybridized carbons (Fsp3) is 0.333. The summed E-state index contributed by atoms with van der Waals surface area (Å²) < 4.78 is 12.9. The lowest BCUT2D eigenvalue weighted by Crippen LogP contribution is -2.33. The first-order chi connectivity index (χ1) is 12.3. The third kappa shape index (κ3) is 6.31. The van der Waals surface area contributed by atoms with Gasteiger partial charge in [-0.25, -0.2) is 4.39 Å². The molecule has 0 unspecified atom stereocenters. The van der Waals surface area contributed by atoms with Crippen molar-refractivity contribution in [2.24, 2.45) is 0 Å². The first-order valence-electron chi connectivity index (χ1n) is 8.71. The molecule has 0 bridgehead atoms. The molecule has 0 aliphatic heterocycles. The van der Waals surface area contributed by atoms with E-state index < -0.39 is 0 Å². The number of benzene rings is 2. The van der Waals surface area contributed by atoms with Gasteiger partial charge in [-0.1, -0.05) is 18.2 Å². The number of nitrogens with one attached hydrogen (secondary N) is 1. The largest absolute Gasteiger partial charge is 0.342 e. The van der Waals surface area contributed by atoms with Crippen LogP contribution >= 0.6 is 0 Å². The van der Waals surface area contributed by atoms with Gasteiger partial charge in [0.05, 0.1) is 0 Å². The molecular weight excluding hydrogens is 331 g/mol. The Hall–Kier alpha value is -2.69. The standard InChI is InChI=1S/C21H25FN2O2/c1-15-12-16(2)14-20(13-15)23-21(26)9-11-24(17(3)25)10-8-18-4-6-19(22)7-5-18/h4-7,12-14H,8-11H2,1-3H3,(H,23,26). The fourth-order valence-corrected chi connectivity index (χ4v) is 2.85. The summed E-state index contributed by atoms with van der Waals surface area (Å²) in [5.41, 5.74) is 3.90. The molecule has 0 aromatic heterocycles. The smallest absolute Gasteiger partial charge is 0.226 e. The quantitative estimate of drug-likeness (QED) is 0.819. The number of amides is 2. The Balaban J connectivity index is 1.86. The molecule has 0 radical (unpaired) electrons. The maximum absolute atomic E-state index is 12.9. The minimum absolute atomic E-state index is 0.0775. The molecule has 4 nitrogen and oxygen atoms in total. The van der Waals surface area contributed by atoms with Crippen LogP contribution in [0.2, 0.25) is 0 Å². The van der Waals surface area contributed by atoms with E-state index in [0.717, 1.165) is 22.4 Å². The molecule has 0 aliphatic carbocycles. The van der Waals surface area contributed by atoms with Crippen LogP contribution < -0.4 is 5.32 Å². The molecule has 1 N–H and O–H groups in total. The first kappa shape index (κ1) is 19.6. The number of anilines is 1. The molecule has 0 fully saturated rings. The predicted octanol–water partition coefficient (Wildman–Crippen LogP) is 3.86. The maximum atomic E-state index is 12.9. The summed E-state index contributed by atoms with van der Waals surface area (Å²) in [5, 5.41) is 2.88. The number of carbonyl (C=O) groups is 2. The van der Waals surface area contributed by atoms with Gasteiger partial charge in [-0.05, 0) is 61.2 Å². The number of rotatable bonds is 7. The molecule has 26 heavy (non-hydrogen) atoms. The Bertz CT molecular complexity index is 752. The summed E-state index contributed by atoms with van der Waals surface area (Å²) in [6.07, 6.45) is 0.856. The fourth-order valence-electron chi connectivity index (χ4n) is 2.85. The maximum Gasteiger partial charge on any atom is 0.226 e. The summed E-state index contributed by atoms with van der Waals surface area (Å²) in [7, 11) is 0. The van der Waals surface area contributed by atoms with Crippen molar-refractivity contribution in [1.82, 2.24) is 4.90 Å². The second-order valence-corrected chi connectivity index (χ2v) is 6.56. The number of halogens is 1. The van der Waals surface area contributed by atoms with E-state index in [1.165, 1.54) is 19.1 Å². The van der Waals surface area contributed by atoms with Gasteiger partial charge in [-0.3, -0.25) is 9.59 Å². The molecule has 5 heteroatoms. The van der Waals surface area contributed by atoms with Crippen LogP contribution in [0.1, 0.15) is 30.0 Å². The third-order valence-electron chi connectivity index (χ3n) is 4.14. The molecule has 0 atom stereocenters.